The van der Waals surface area contributed by atoms with E-state index in [1.807, 2.05) is 66.7 Å². The third-order valence-electron chi connectivity index (χ3n) is 4.81. The van der Waals surface area contributed by atoms with Crippen molar-refractivity contribution in [3.63, 3.8) is 0 Å². The Kier molecular flexibility index (Phi) is 7.16. The fraction of sp³-hybridized carbons (Fsp3) is 0.0385. The summed E-state index contributed by atoms with van der Waals surface area (Å²) in [7, 11) is 0. The van der Waals surface area contributed by atoms with Gasteiger partial charge >= 0.3 is 0 Å². The predicted molar refractivity (Wildman–Crippen MR) is 130 cm³/mol. The van der Waals surface area contributed by atoms with E-state index in [9.17, 15) is 18.8 Å². The minimum absolute atomic E-state index is 0.115. The SMILES string of the molecule is N#C/C(=C/c1cn(-c2ccccc2)nc1-c1ccccc1)C(=O)Nc1ccc(SC(F)F)cc1. The molecule has 3 aromatic carbocycles. The number of aromatic nitrogens is 2. The first-order valence-corrected chi connectivity index (χ1v) is 11.1. The zero-order chi connectivity index (χ0) is 23.9. The smallest absolute Gasteiger partial charge is 0.288 e. The fourth-order valence-corrected chi connectivity index (χ4v) is 3.75. The van der Waals surface area contributed by atoms with Gasteiger partial charge in [-0.05, 0) is 42.5 Å². The van der Waals surface area contributed by atoms with E-state index in [2.05, 4.69) is 10.4 Å². The summed E-state index contributed by atoms with van der Waals surface area (Å²) in [6.07, 6.45) is 3.25. The number of halogens is 2. The molecule has 0 saturated heterocycles. The first-order chi connectivity index (χ1) is 16.5. The number of anilines is 1. The number of amides is 1. The van der Waals surface area contributed by atoms with Crippen LogP contribution in [0.3, 0.4) is 0 Å². The van der Waals surface area contributed by atoms with Crippen LogP contribution in [0.4, 0.5) is 14.5 Å². The van der Waals surface area contributed by atoms with Crippen molar-refractivity contribution in [1.29, 1.82) is 5.26 Å². The molecule has 0 aliphatic rings. The molecule has 8 heteroatoms. The molecular weight excluding hydrogens is 454 g/mol. The first-order valence-electron chi connectivity index (χ1n) is 10.2. The van der Waals surface area contributed by atoms with Gasteiger partial charge in [0, 0.05) is 27.9 Å². The predicted octanol–water partition coefficient (Wildman–Crippen LogP) is 6.40. The zero-order valence-corrected chi connectivity index (χ0v) is 18.5. The van der Waals surface area contributed by atoms with E-state index < -0.39 is 11.7 Å². The van der Waals surface area contributed by atoms with Crippen molar-refractivity contribution >= 4 is 29.4 Å². The Morgan fingerprint density at radius 3 is 2.26 bits per heavy atom. The Bertz CT molecular complexity index is 1350. The van der Waals surface area contributed by atoms with Gasteiger partial charge in [0.1, 0.15) is 11.6 Å². The molecule has 0 fully saturated rings. The van der Waals surface area contributed by atoms with Crippen LogP contribution in [-0.2, 0) is 4.79 Å². The summed E-state index contributed by atoms with van der Waals surface area (Å²) in [6.45, 7) is 0. The van der Waals surface area contributed by atoms with Crippen molar-refractivity contribution in [3.05, 3.63) is 102 Å². The molecule has 34 heavy (non-hydrogen) atoms. The molecule has 1 amide bonds. The highest BCUT2D eigenvalue weighted by molar-refractivity contribution is 7.99. The van der Waals surface area contributed by atoms with Gasteiger partial charge in [0.05, 0.1) is 11.4 Å². The molecule has 168 valence electrons. The molecular formula is C26H18F2N4OS. The lowest BCUT2D eigenvalue weighted by Gasteiger charge is -2.06. The molecule has 1 heterocycles. The number of nitriles is 1. The van der Waals surface area contributed by atoms with Crippen LogP contribution in [0.25, 0.3) is 23.0 Å². The largest absolute Gasteiger partial charge is 0.321 e. The Morgan fingerprint density at radius 2 is 1.65 bits per heavy atom. The van der Waals surface area contributed by atoms with Gasteiger partial charge in [0.2, 0.25) is 0 Å². The molecule has 4 rings (SSSR count). The van der Waals surface area contributed by atoms with Crippen LogP contribution in [0.5, 0.6) is 0 Å². The second-order valence-electron chi connectivity index (χ2n) is 7.11. The number of benzene rings is 3. The summed E-state index contributed by atoms with van der Waals surface area (Å²) in [5.74, 6) is -3.13. The van der Waals surface area contributed by atoms with Crippen LogP contribution < -0.4 is 5.32 Å². The Balaban J connectivity index is 1.65. The van der Waals surface area contributed by atoms with Crippen LogP contribution in [0, 0.1) is 11.3 Å². The summed E-state index contributed by atoms with van der Waals surface area (Å²) in [5.41, 5.74) is 3.19. The highest BCUT2D eigenvalue weighted by Gasteiger charge is 2.15. The molecule has 0 aliphatic heterocycles. The van der Waals surface area contributed by atoms with E-state index in [-0.39, 0.29) is 5.57 Å². The lowest BCUT2D eigenvalue weighted by molar-refractivity contribution is -0.112. The van der Waals surface area contributed by atoms with Crippen molar-refractivity contribution in [2.24, 2.45) is 0 Å². The van der Waals surface area contributed by atoms with Gasteiger partial charge in [0.25, 0.3) is 11.7 Å². The maximum absolute atomic E-state index is 12.8. The molecule has 0 bridgehead atoms. The van der Waals surface area contributed by atoms with Crippen LogP contribution >= 0.6 is 11.8 Å². The minimum atomic E-state index is -2.52. The standard InChI is InChI=1S/C26H18F2N4OS/c27-26(28)34-23-13-11-21(12-14-23)30-25(33)19(16-29)15-20-17-32(22-9-5-2-6-10-22)31-24(20)18-7-3-1-4-8-18/h1-15,17,26H,(H,30,33)/b19-15-. The Hall–Kier alpha value is -4.22. The number of nitrogens with zero attached hydrogens (tertiary/aromatic N) is 3. The average Bonchev–Trinajstić information content (AvgIpc) is 3.28. The van der Waals surface area contributed by atoms with Crippen molar-refractivity contribution in [2.75, 3.05) is 5.32 Å². The van der Waals surface area contributed by atoms with E-state index in [1.54, 1.807) is 10.9 Å². The number of hydrogen-bond acceptors (Lipinski definition) is 4. The maximum atomic E-state index is 12.8. The van der Waals surface area contributed by atoms with Crippen molar-refractivity contribution < 1.29 is 13.6 Å². The fourth-order valence-electron chi connectivity index (χ4n) is 3.25. The first kappa shape index (κ1) is 23.0. The molecule has 1 N–H and O–H groups in total. The number of carbonyl (C=O) groups excluding carboxylic acids is 1. The van der Waals surface area contributed by atoms with E-state index in [0.29, 0.717) is 33.6 Å². The van der Waals surface area contributed by atoms with Crippen LogP contribution in [0.1, 0.15) is 5.56 Å². The van der Waals surface area contributed by atoms with E-state index in [4.69, 9.17) is 0 Å². The summed E-state index contributed by atoms with van der Waals surface area (Å²) in [4.78, 5) is 13.2. The van der Waals surface area contributed by atoms with Crippen molar-refractivity contribution in [3.8, 4) is 23.0 Å². The number of para-hydroxylation sites is 1. The summed E-state index contributed by atoms with van der Waals surface area (Å²) in [5, 5.41) is 17.0. The van der Waals surface area contributed by atoms with Crippen molar-refractivity contribution in [1.82, 2.24) is 9.78 Å². The topological polar surface area (TPSA) is 70.7 Å². The Labute approximate surface area is 199 Å². The second kappa shape index (κ2) is 10.6. The number of hydrogen-bond donors (Lipinski definition) is 1. The highest BCUT2D eigenvalue weighted by Crippen LogP contribution is 2.27. The maximum Gasteiger partial charge on any atom is 0.288 e. The lowest BCUT2D eigenvalue weighted by atomic mass is 10.1. The number of thioether (sulfide) groups is 1. The number of nitrogens with one attached hydrogen (secondary N) is 1. The normalized spacial score (nSPS) is 11.3. The zero-order valence-electron chi connectivity index (χ0n) is 17.7. The van der Waals surface area contributed by atoms with Crippen LogP contribution in [-0.4, -0.2) is 21.4 Å². The van der Waals surface area contributed by atoms with Gasteiger partial charge in [-0.3, -0.25) is 4.79 Å². The van der Waals surface area contributed by atoms with Gasteiger partial charge in [0.15, 0.2) is 0 Å². The molecule has 0 spiro atoms. The Morgan fingerprint density at radius 1 is 1.00 bits per heavy atom. The van der Waals surface area contributed by atoms with E-state index in [1.165, 1.54) is 30.3 Å². The monoisotopic (exact) mass is 472 g/mol. The molecule has 0 aliphatic carbocycles. The molecule has 1 aromatic heterocycles. The van der Waals surface area contributed by atoms with E-state index >= 15 is 0 Å². The summed E-state index contributed by atoms with van der Waals surface area (Å²) < 4.78 is 26.7. The summed E-state index contributed by atoms with van der Waals surface area (Å²) in [6, 6.07) is 26.9. The third kappa shape index (κ3) is 5.57. The number of carbonyl (C=O) groups is 1. The van der Waals surface area contributed by atoms with Gasteiger partial charge in [-0.15, -0.1) is 0 Å². The third-order valence-corrected chi connectivity index (χ3v) is 5.54. The van der Waals surface area contributed by atoms with Crippen LogP contribution in [0.2, 0.25) is 0 Å². The van der Waals surface area contributed by atoms with E-state index in [0.717, 1.165) is 11.3 Å². The highest BCUT2D eigenvalue weighted by atomic mass is 32.2. The molecule has 0 radical (unpaired) electrons. The minimum Gasteiger partial charge on any atom is -0.321 e. The van der Waals surface area contributed by atoms with Gasteiger partial charge in [-0.2, -0.15) is 19.1 Å². The van der Waals surface area contributed by atoms with Gasteiger partial charge < -0.3 is 5.32 Å². The number of rotatable bonds is 7. The lowest BCUT2D eigenvalue weighted by Crippen LogP contribution is -2.13. The summed E-state index contributed by atoms with van der Waals surface area (Å²) >= 11 is 0.420. The molecule has 0 atom stereocenters. The number of alkyl halides is 2. The quantitative estimate of drug-likeness (QED) is 0.192. The van der Waals surface area contributed by atoms with Crippen LogP contribution in [0.15, 0.2) is 102 Å². The van der Waals surface area contributed by atoms with Crippen molar-refractivity contribution in [2.45, 2.75) is 10.7 Å². The molecule has 0 unspecified atom stereocenters. The average molecular weight is 473 g/mol. The molecule has 0 saturated carbocycles. The van der Waals surface area contributed by atoms with Gasteiger partial charge in [-0.25, -0.2) is 4.68 Å². The molecule has 5 nitrogen and oxygen atoms in total. The van der Waals surface area contributed by atoms with Gasteiger partial charge in [-0.1, -0.05) is 60.3 Å². The molecule has 4 aromatic rings. The second-order valence-corrected chi connectivity index (χ2v) is 8.17.